The number of aromatic nitrogens is 5. The number of amides is 1. The van der Waals surface area contributed by atoms with Gasteiger partial charge < -0.3 is 10.2 Å². The number of hydrogen-bond acceptors (Lipinski definition) is 6. The molecule has 178 valence electrons. The first-order chi connectivity index (χ1) is 15.7. The van der Waals surface area contributed by atoms with E-state index in [9.17, 15) is 22.4 Å². The van der Waals surface area contributed by atoms with Crippen molar-refractivity contribution in [1.82, 2.24) is 29.9 Å². The molecule has 0 fully saturated rings. The van der Waals surface area contributed by atoms with Crippen LogP contribution in [0, 0.1) is 5.82 Å². The van der Waals surface area contributed by atoms with E-state index in [1.807, 2.05) is 13.8 Å². The number of alkyl halides is 3. The number of halogens is 4. The lowest BCUT2D eigenvalue weighted by atomic mass is 10.1. The largest absolute Gasteiger partial charge is 0.419 e. The number of rotatable bonds is 7. The van der Waals surface area contributed by atoms with Crippen molar-refractivity contribution in [3.05, 3.63) is 59.9 Å². The van der Waals surface area contributed by atoms with Crippen molar-refractivity contribution < 1.29 is 22.4 Å². The summed E-state index contributed by atoms with van der Waals surface area (Å²) in [5.41, 5.74) is -0.556. The number of hydrogen-bond donors (Lipinski definition) is 1. The van der Waals surface area contributed by atoms with Crippen LogP contribution < -0.4 is 5.32 Å². The van der Waals surface area contributed by atoms with Crippen LogP contribution in [0.3, 0.4) is 0 Å². The summed E-state index contributed by atoms with van der Waals surface area (Å²) in [6.45, 7) is 7.96. The molecular weight excluding hydrogens is 442 g/mol. The van der Waals surface area contributed by atoms with Gasteiger partial charge in [-0.05, 0) is 32.0 Å². The Morgan fingerprint density at radius 3 is 2.30 bits per heavy atom. The highest BCUT2D eigenvalue weighted by Gasteiger charge is 2.31. The fourth-order valence-corrected chi connectivity index (χ4v) is 2.92. The van der Waals surface area contributed by atoms with Crippen molar-refractivity contribution in [2.24, 2.45) is 0 Å². The zero-order chi connectivity index (χ0) is 24.6. The topological polar surface area (TPSA) is 88.8 Å². The van der Waals surface area contributed by atoms with Crippen molar-refractivity contribution in [2.75, 3.05) is 18.4 Å². The van der Waals surface area contributed by atoms with E-state index in [1.54, 1.807) is 13.8 Å². The average Bonchev–Trinajstić information content (AvgIpc) is 3.34. The van der Waals surface area contributed by atoms with Crippen LogP contribution in [0.25, 0.3) is 5.69 Å². The molecule has 12 heteroatoms. The Balaban J connectivity index is 0.00000187. The van der Waals surface area contributed by atoms with Crippen molar-refractivity contribution in [1.29, 1.82) is 0 Å². The first-order valence-corrected chi connectivity index (χ1v) is 10.3. The van der Waals surface area contributed by atoms with Crippen LogP contribution in [0.5, 0.6) is 0 Å². The SMILES string of the molecule is CC.CCN(C(=O)c1cc(F)ccc1-n1nccn1)[C@@H](C)CNc1ncc(C(F)(F)F)cn1. The number of nitrogens with one attached hydrogen (secondary N) is 1. The molecule has 1 aromatic carbocycles. The van der Waals surface area contributed by atoms with Gasteiger partial charge in [-0.3, -0.25) is 4.79 Å². The quantitative estimate of drug-likeness (QED) is 0.524. The number of anilines is 1. The van der Waals surface area contributed by atoms with Gasteiger partial charge >= 0.3 is 6.18 Å². The minimum absolute atomic E-state index is 0.00413. The summed E-state index contributed by atoms with van der Waals surface area (Å²) in [6, 6.07) is 3.32. The molecule has 0 unspecified atom stereocenters. The Kier molecular flexibility index (Phi) is 8.83. The lowest BCUT2D eigenvalue weighted by Gasteiger charge is -2.29. The molecule has 3 aromatic rings. The normalized spacial score (nSPS) is 11.9. The minimum Gasteiger partial charge on any atom is -0.352 e. The van der Waals surface area contributed by atoms with Gasteiger partial charge in [0.25, 0.3) is 5.91 Å². The van der Waals surface area contributed by atoms with E-state index in [0.717, 1.165) is 6.07 Å². The summed E-state index contributed by atoms with van der Waals surface area (Å²) in [4.78, 5) is 23.2. The third-order valence-corrected chi connectivity index (χ3v) is 4.49. The monoisotopic (exact) mass is 467 g/mol. The summed E-state index contributed by atoms with van der Waals surface area (Å²) < 4.78 is 51.7. The molecule has 0 saturated heterocycles. The fraction of sp³-hybridized carbons (Fsp3) is 0.381. The molecule has 0 radical (unpaired) electrons. The summed E-state index contributed by atoms with van der Waals surface area (Å²) in [6.07, 6.45) is -0.293. The maximum atomic E-state index is 13.9. The van der Waals surface area contributed by atoms with E-state index in [4.69, 9.17) is 0 Å². The summed E-state index contributed by atoms with van der Waals surface area (Å²) >= 11 is 0. The standard InChI is InChI=1S/C19H19F4N7O.C2H6/c1-3-29(12(2)9-24-18-25-10-13(11-26-18)19(21,22)23)17(31)15-8-14(20)4-5-16(15)30-27-6-7-28-30;1-2/h4-8,10-12H,3,9H2,1-2H3,(H,24,25,26);1-2H3/t12-;/m0./s1. The number of nitrogens with zero attached hydrogens (tertiary/aromatic N) is 6. The Bertz CT molecular complexity index is 1020. The van der Waals surface area contributed by atoms with E-state index < -0.39 is 29.5 Å². The van der Waals surface area contributed by atoms with Gasteiger partial charge in [-0.15, -0.1) is 0 Å². The van der Waals surface area contributed by atoms with Crippen molar-refractivity contribution in [3.8, 4) is 5.69 Å². The predicted octanol–water partition coefficient (Wildman–Crippen LogP) is 4.20. The number of carbonyl (C=O) groups excluding carboxylic acids is 1. The summed E-state index contributed by atoms with van der Waals surface area (Å²) in [5, 5.41) is 10.8. The highest BCUT2D eigenvalue weighted by Crippen LogP contribution is 2.28. The maximum absolute atomic E-state index is 13.9. The number of carbonyl (C=O) groups is 1. The Labute approximate surface area is 188 Å². The molecule has 2 heterocycles. The van der Waals surface area contributed by atoms with Crippen molar-refractivity contribution >= 4 is 11.9 Å². The molecule has 0 saturated carbocycles. The molecule has 2 aromatic heterocycles. The molecule has 0 aliphatic rings. The first-order valence-electron chi connectivity index (χ1n) is 10.3. The average molecular weight is 467 g/mol. The Morgan fingerprint density at radius 1 is 1.15 bits per heavy atom. The van der Waals surface area contributed by atoms with Crippen molar-refractivity contribution in [3.63, 3.8) is 0 Å². The van der Waals surface area contributed by atoms with Gasteiger partial charge in [-0.25, -0.2) is 14.4 Å². The number of likely N-dealkylation sites (N-methyl/N-ethyl adjacent to an activating group) is 1. The minimum atomic E-state index is -4.52. The van der Waals surface area contributed by atoms with Crippen LogP contribution in [-0.4, -0.2) is 54.9 Å². The van der Waals surface area contributed by atoms with Crippen LogP contribution >= 0.6 is 0 Å². The molecule has 1 N–H and O–H groups in total. The van der Waals surface area contributed by atoms with Crippen LogP contribution in [0.15, 0.2) is 43.0 Å². The van der Waals surface area contributed by atoms with Crippen LogP contribution in [0.4, 0.5) is 23.5 Å². The summed E-state index contributed by atoms with van der Waals surface area (Å²) in [7, 11) is 0. The van der Waals surface area contributed by atoms with Gasteiger partial charge in [-0.1, -0.05) is 13.8 Å². The molecule has 0 aliphatic carbocycles. The highest BCUT2D eigenvalue weighted by molar-refractivity contribution is 5.98. The molecular formula is C21H25F4N7O. The first kappa shape index (κ1) is 25.7. The molecule has 8 nitrogen and oxygen atoms in total. The zero-order valence-electron chi connectivity index (χ0n) is 18.6. The molecule has 0 spiro atoms. The lowest BCUT2D eigenvalue weighted by molar-refractivity contribution is -0.138. The van der Waals surface area contributed by atoms with E-state index in [1.165, 1.54) is 34.2 Å². The lowest BCUT2D eigenvalue weighted by Crippen LogP contribution is -2.42. The molecule has 33 heavy (non-hydrogen) atoms. The third kappa shape index (κ3) is 6.46. The van der Waals surface area contributed by atoms with Crippen LogP contribution in [-0.2, 0) is 6.18 Å². The second kappa shape index (κ2) is 11.3. The second-order valence-corrected chi connectivity index (χ2v) is 6.59. The fourth-order valence-electron chi connectivity index (χ4n) is 2.92. The third-order valence-electron chi connectivity index (χ3n) is 4.49. The van der Waals surface area contributed by atoms with Gasteiger partial charge in [0.1, 0.15) is 5.82 Å². The van der Waals surface area contributed by atoms with Gasteiger partial charge in [0.15, 0.2) is 0 Å². The van der Waals surface area contributed by atoms with Gasteiger partial charge in [0.05, 0.1) is 29.2 Å². The Morgan fingerprint density at radius 2 is 1.76 bits per heavy atom. The Hall–Kier alpha value is -3.57. The van der Waals surface area contributed by atoms with E-state index in [2.05, 4.69) is 25.5 Å². The van der Waals surface area contributed by atoms with Crippen LogP contribution in [0.2, 0.25) is 0 Å². The molecule has 0 bridgehead atoms. The van der Waals surface area contributed by atoms with Crippen molar-refractivity contribution in [2.45, 2.75) is 39.9 Å². The molecule has 1 atom stereocenters. The van der Waals surface area contributed by atoms with Crippen LogP contribution in [0.1, 0.15) is 43.6 Å². The van der Waals surface area contributed by atoms with E-state index >= 15 is 0 Å². The molecule has 1 amide bonds. The smallest absolute Gasteiger partial charge is 0.352 e. The second-order valence-electron chi connectivity index (χ2n) is 6.59. The molecule has 0 aliphatic heterocycles. The number of benzene rings is 1. The van der Waals surface area contributed by atoms with Gasteiger partial charge in [0, 0.05) is 31.5 Å². The van der Waals surface area contributed by atoms with Gasteiger partial charge in [0.2, 0.25) is 5.95 Å². The van der Waals surface area contributed by atoms with E-state index in [-0.39, 0.29) is 18.1 Å². The summed E-state index contributed by atoms with van der Waals surface area (Å²) in [5.74, 6) is -1.04. The molecule has 3 rings (SSSR count). The highest BCUT2D eigenvalue weighted by atomic mass is 19.4. The predicted molar refractivity (Wildman–Crippen MR) is 114 cm³/mol. The maximum Gasteiger partial charge on any atom is 0.419 e. The zero-order valence-corrected chi connectivity index (χ0v) is 18.6. The van der Waals surface area contributed by atoms with Gasteiger partial charge in [-0.2, -0.15) is 28.2 Å². The van der Waals surface area contributed by atoms with E-state index in [0.29, 0.717) is 24.6 Å².